The maximum absolute atomic E-state index is 14.2. The molecule has 0 aliphatic carbocycles. The molecule has 7 heteroatoms. The highest BCUT2D eigenvalue weighted by molar-refractivity contribution is 6.04. The fraction of sp³-hybridized carbons (Fsp3) is 0.333. The Morgan fingerprint density at radius 3 is 2.82 bits per heavy atom. The molecule has 0 amide bonds. The lowest BCUT2D eigenvalue weighted by atomic mass is 10.0. The highest BCUT2D eigenvalue weighted by Crippen LogP contribution is 2.27. The van der Waals surface area contributed by atoms with E-state index in [0.717, 1.165) is 16.8 Å². The number of hydrogen-bond donors (Lipinski definition) is 1. The number of nitrogens with zero attached hydrogens (tertiary/aromatic N) is 3. The van der Waals surface area contributed by atoms with Crippen LogP contribution in [0, 0.1) is 12.7 Å². The fourth-order valence-electron chi connectivity index (χ4n) is 3.07. The molecule has 0 radical (unpaired) electrons. The Bertz CT molecular complexity index is 909. The first-order valence-corrected chi connectivity index (χ1v) is 9.26. The summed E-state index contributed by atoms with van der Waals surface area (Å²) < 4.78 is 25.6. The Morgan fingerprint density at radius 2 is 2.07 bits per heavy atom. The highest BCUT2D eigenvalue weighted by Gasteiger charge is 2.21. The van der Waals surface area contributed by atoms with Gasteiger partial charge in [-0.3, -0.25) is 0 Å². The minimum Gasteiger partial charge on any atom is -0.492 e. The largest absolute Gasteiger partial charge is 0.492 e. The van der Waals surface area contributed by atoms with Crippen molar-refractivity contribution in [3.05, 3.63) is 58.9 Å². The van der Waals surface area contributed by atoms with Gasteiger partial charge in [0.25, 0.3) is 0 Å². The van der Waals surface area contributed by atoms with Crippen molar-refractivity contribution in [2.24, 2.45) is 16.0 Å². The van der Waals surface area contributed by atoms with Gasteiger partial charge in [0.05, 0.1) is 23.6 Å². The van der Waals surface area contributed by atoms with Crippen molar-refractivity contribution in [1.82, 2.24) is 0 Å². The van der Waals surface area contributed by atoms with Gasteiger partial charge in [0.15, 0.2) is 0 Å². The Kier molecular flexibility index (Phi) is 6.26. The minimum absolute atomic E-state index is 0.329. The van der Waals surface area contributed by atoms with Crippen LogP contribution < -0.4 is 15.6 Å². The third kappa shape index (κ3) is 4.31. The predicted octanol–water partition coefficient (Wildman–Crippen LogP) is 3.96. The van der Waals surface area contributed by atoms with Crippen LogP contribution in [0.2, 0.25) is 0 Å². The molecular formula is C21H25FN4O2. The van der Waals surface area contributed by atoms with Crippen LogP contribution in [0.25, 0.3) is 0 Å². The third-order valence-electron chi connectivity index (χ3n) is 4.59. The van der Waals surface area contributed by atoms with Gasteiger partial charge in [-0.25, -0.2) is 10.2 Å². The lowest BCUT2D eigenvalue weighted by Gasteiger charge is -2.19. The molecule has 148 valence electrons. The lowest BCUT2D eigenvalue weighted by molar-refractivity contribution is 0.283. The quantitative estimate of drug-likeness (QED) is 0.367. The molecule has 6 nitrogen and oxygen atoms in total. The van der Waals surface area contributed by atoms with Crippen LogP contribution >= 0.6 is 0 Å². The highest BCUT2D eigenvalue weighted by atomic mass is 19.1. The summed E-state index contributed by atoms with van der Waals surface area (Å²) in [6.07, 6.45) is 1.06. The number of halogens is 1. The first-order valence-electron chi connectivity index (χ1n) is 9.26. The zero-order valence-electron chi connectivity index (χ0n) is 16.4. The minimum atomic E-state index is -0.361. The average molecular weight is 384 g/mol. The first kappa shape index (κ1) is 19.8. The number of ether oxygens (including phenoxy) is 2. The summed E-state index contributed by atoms with van der Waals surface area (Å²) in [5, 5.41) is 10.1. The molecule has 0 spiro atoms. The van der Waals surface area contributed by atoms with Crippen LogP contribution in [0.4, 0.5) is 10.1 Å². The summed E-state index contributed by atoms with van der Waals surface area (Å²) >= 11 is 0. The molecule has 0 bridgehead atoms. The number of anilines is 1. The van der Waals surface area contributed by atoms with E-state index >= 15 is 0 Å². The van der Waals surface area contributed by atoms with Gasteiger partial charge >= 0.3 is 0 Å². The van der Waals surface area contributed by atoms with E-state index in [2.05, 4.69) is 10.2 Å². The first-order chi connectivity index (χ1) is 13.5. The number of hydrazine groups is 1. The molecule has 2 aromatic rings. The van der Waals surface area contributed by atoms with Gasteiger partial charge in [-0.1, -0.05) is 25.1 Å². The molecule has 2 N–H and O–H groups in total. The van der Waals surface area contributed by atoms with Crippen LogP contribution in [0.3, 0.4) is 0 Å². The lowest BCUT2D eigenvalue weighted by Crippen LogP contribution is -2.26. The molecule has 28 heavy (non-hydrogen) atoms. The number of fused-ring (bicyclic) bond motifs is 1. The van der Waals surface area contributed by atoms with Gasteiger partial charge in [-0.05, 0) is 30.7 Å². The van der Waals surface area contributed by atoms with Crippen LogP contribution in [0.5, 0.6) is 5.75 Å². The van der Waals surface area contributed by atoms with Crippen LogP contribution in [0.15, 0.2) is 46.6 Å². The second kappa shape index (κ2) is 8.84. The summed E-state index contributed by atoms with van der Waals surface area (Å²) in [5.41, 5.74) is 3.90. The SMILES string of the molecule is CCC(=NN=C1CCOc2cccc(F)c21)OCc1c(C)cccc1N(C)N. The molecular weight excluding hydrogens is 359 g/mol. The summed E-state index contributed by atoms with van der Waals surface area (Å²) in [6, 6.07) is 10.7. The normalized spacial score (nSPS) is 15.2. The second-order valence-corrected chi connectivity index (χ2v) is 6.58. The maximum Gasteiger partial charge on any atom is 0.208 e. The molecule has 0 saturated carbocycles. The molecule has 3 rings (SSSR count). The molecule has 0 saturated heterocycles. The molecule has 0 unspecified atom stereocenters. The molecule has 1 aliphatic rings. The van der Waals surface area contributed by atoms with Gasteiger partial charge < -0.3 is 14.5 Å². The van der Waals surface area contributed by atoms with Crippen molar-refractivity contribution < 1.29 is 13.9 Å². The number of nitrogens with two attached hydrogens (primary N) is 1. The Balaban J connectivity index is 1.81. The summed E-state index contributed by atoms with van der Waals surface area (Å²) in [5.74, 6) is 6.53. The predicted molar refractivity (Wildman–Crippen MR) is 109 cm³/mol. The van der Waals surface area contributed by atoms with Gasteiger partial charge in [0.1, 0.15) is 18.2 Å². The number of hydrogen-bond acceptors (Lipinski definition) is 6. The standard InChI is InChI=1S/C21H25FN4O2/c1-4-20(28-13-15-14(2)7-5-9-18(15)26(3)23)25-24-17-11-12-27-19-10-6-8-16(22)21(17)19/h5-10H,4,11-13,23H2,1-3H3. The molecule has 2 aromatic carbocycles. The average Bonchev–Trinajstić information content (AvgIpc) is 2.69. The Labute approximate surface area is 164 Å². The van der Waals surface area contributed by atoms with Crippen LogP contribution in [-0.2, 0) is 11.3 Å². The van der Waals surface area contributed by atoms with E-state index in [0.29, 0.717) is 49.0 Å². The van der Waals surface area contributed by atoms with Gasteiger partial charge in [0.2, 0.25) is 5.90 Å². The molecule has 1 aliphatic heterocycles. The monoisotopic (exact) mass is 384 g/mol. The summed E-state index contributed by atoms with van der Waals surface area (Å²) in [6.45, 7) is 4.72. The molecule has 0 aromatic heterocycles. The van der Waals surface area contributed by atoms with E-state index in [9.17, 15) is 4.39 Å². The third-order valence-corrected chi connectivity index (χ3v) is 4.59. The maximum atomic E-state index is 14.2. The van der Waals surface area contributed by atoms with Crippen molar-refractivity contribution >= 4 is 17.3 Å². The van der Waals surface area contributed by atoms with E-state index in [4.69, 9.17) is 15.3 Å². The van der Waals surface area contributed by atoms with E-state index in [1.54, 1.807) is 24.2 Å². The number of benzene rings is 2. The molecule has 0 fully saturated rings. The zero-order valence-corrected chi connectivity index (χ0v) is 16.4. The van der Waals surface area contributed by atoms with Gasteiger partial charge in [-0.15, -0.1) is 5.10 Å². The fourth-order valence-corrected chi connectivity index (χ4v) is 3.07. The Hall–Kier alpha value is -2.93. The second-order valence-electron chi connectivity index (χ2n) is 6.58. The van der Waals surface area contributed by atoms with Crippen molar-refractivity contribution in [2.45, 2.75) is 33.3 Å². The molecule has 0 atom stereocenters. The van der Waals surface area contributed by atoms with Gasteiger partial charge in [0, 0.05) is 25.5 Å². The van der Waals surface area contributed by atoms with E-state index in [1.165, 1.54) is 6.07 Å². The topological polar surface area (TPSA) is 72.4 Å². The van der Waals surface area contributed by atoms with Crippen molar-refractivity contribution in [3.8, 4) is 5.75 Å². The molecule has 1 heterocycles. The van der Waals surface area contributed by atoms with Crippen LogP contribution in [0.1, 0.15) is 36.5 Å². The van der Waals surface area contributed by atoms with Crippen molar-refractivity contribution in [3.63, 3.8) is 0 Å². The van der Waals surface area contributed by atoms with Crippen LogP contribution in [-0.4, -0.2) is 25.3 Å². The zero-order chi connectivity index (χ0) is 20.1. The smallest absolute Gasteiger partial charge is 0.208 e. The van der Waals surface area contributed by atoms with E-state index in [-0.39, 0.29) is 5.82 Å². The van der Waals surface area contributed by atoms with Gasteiger partial charge in [-0.2, -0.15) is 5.10 Å². The summed E-state index contributed by atoms with van der Waals surface area (Å²) in [4.78, 5) is 0. The number of aryl methyl sites for hydroxylation is 1. The van der Waals surface area contributed by atoms with Crippen molar-refractivity contribution in [1.29, 1.82) is 0 Å². The van der Waals surface area contributed by atoms with E-state index < -0.39 is 0 Å². The van der Waals surface area contributed by atoms with E-state index in [1.807, 2.05) is 32.0 Å². The van der Waals surface area contributed by atoms with Crippen molar-refractivity contribution in [2.75, 3.05) is 18.7 Å². The number of rotatable bonds is 5. The summed E-state index contributed by atoms with van der Waals surface area (Å²) in [7, 11) is 1.79. The Morgan fingerprint density at radius 1 is 1.29 bits per heavy atom.